The van der Waals surface area contributed by atoms with Crippen LogP contribution in [0, 0.1) is 34.9 Å². The predicted octanol–water partition coefficient (Wildman–Crippen LogP) is 6.24. The summed E-state index contributed by atoms with van der Waals surface area (Å²) in [5.41, 5.74) is 1.66. The molecule has 2 fully saturated rings. The van der Waals surface area contributed by atoms with E-state index in [4.69, 9.17) is 10.00 Å². The van der Waals surface area contributed by atoms with Gasteiger partial charge in [-0.05, 0) is 85.6 Å². The van der Waals surface area contributed by atoms with Crippen molar-refractivity contribution in [2.75, 3.05) is 0 Å². The van der Waals surface area contributed by atoms with E-state index in [-0.39, 0.29) is 11.3 Å². The summed E-state index contributed by atoms with van der Waals surface area (Å²) in [6, 6.07) is 13.2. The molecule has 1 unspecified atom stereocenters. The minimum absolute atomic E-state index is 0.0729. The maximum atomic E-state index is 13.7. The van der Waals surface area contributed by atoms with Crippen LogP contribution in [-0.2, 0) is 0 Å². The smallest absolute Gasteiger partial charge is 0.343 e. The van der Waals surface area contributed by atoms with Gasteiger partial charge in [-0.25, -0.2) is 9.18 Å². The van der Waals surface area contributed by atoms with Crippen LogP contribution in [0.2, 0.25) is 0 Å². The second kappa shape index (κ2) is 8.37. The van der Waals surface area contributed by atoms with E-state index in [0.717, 1.165) is 23.8 Å². The number of nitrogens with zero attached hydrogens (tertiary/aromatic N) is 1. The molecule has 2 saturated carbocycles. The summed E-state index contributed by atoms with van der Waals surface area (Å²) in [6.45, 7) is 2.38. The summed E-state index contributed by atoms with van der Waals surface area (Å²) in [4.78, 5) is 12.4. The number of carbonyl (C=O) groups excluding carboxylic acids is 1. The van der Waals surface area contributed by atoms with Crippen molar-refractivity contribution in [2.24, 2.45) is 17.8 Å². The minimum Gasteiger partial charge on any atom is -0.423 e. The van der Waals surface area contributed by atoms with Gasteiger partial charge in [-0.1, -0.05) is 25.5 Å². The van der Waals surface area contributed by atoms with Crippen molar-refractivity contribution in [3.8, 4) is 11.8 Å². The molecule has 150 valence electrons. The highest BCUT2D eigenvalue weighted by molar-refractivity contribution is 5.91. The van der Waals surface area contributed by atoms with Gasteiger partial charge in [0.2, 0.25) is 0 Å². The van der Waals surface area contributed by atoms with E-state index in [2.05, 4.69) is 6.92 Å². The van der Waals surface area contributed by atoms with E-state index in [9.17, 15) is 9.18 Å². The lowest BCUT2D eigenvalue weighted by Crippen LogP contribution is -2.29. The molecule has 0 radical (unpaired) electrons. The topological polar surface area (TPSA) is 50.1 Å². The lowest BCUT2D eigenvalue weighted by atomic mass is 9.64. The van der Waals surface area contributed by atoms with Crippen LogP contribution in [0.5, 0.6) is 5.75 Å². The van der Waals surface area contributed by atoms with Crippen molar-refractivity contribution in [3.05, 3.63) is 65.0 Å². The SMILES string of the molecule is C[C@H]1CC[C@@H]2CC(c3ccc(C(=O)Oc4ccc(C#N)c(F)c4)cc3)CC[C@H]2C1. The van der Waals surface area contributed by atoms with Crippen LogP contribution in [0.15, 0.2) is 42.5 Å². The molecule has 0 aromatic heterocycles. The normalized spacial score (nSPS) is 26.2. The Hall–Kier alpha value is -2.67. The summed E-state index contributed by atoms with van der Waals surface area (Å²) < 4.78 is 18.9. The number of fused-ring (bicyclic) bond motifs is 1. The molecule has 0 N–H and O–H groups in total. The second-order valence-corrected chi connectivity index (χ2v) is 8.71. The Bertz CT molecular complexity index is 931. The molecule has 2 aromatic carbocycles. The number of halogens is 1. The summed E-state index contributed by atoms with van der Waals surface area (Å²) >= 11 is 0. The van der Waals surface area contributed by atoms with Crippen molar-refractivity contribution >= 4 is 5.97 Å². The molecule has 4 heteroatoms. The van der Waals surface area contributed by atoms with Crippen molar-refractivity contribution in [2.45, 2.75) is 51.4 Å². The molecule has 0 heterocycles. The standard InChI is InChI=1S/C25H26FNO2/c1-16-2-3-21-13-20(9-8-19(21)12-16)17-4-6-18(7-5-17)25(28)29-23-11-10-22(15-27)24(26)14-23/h4-7,10-11,14,16,19-21H,2-3,8-9,12-13H2,1H3/t16-,19-,20?,21+/m0/s1. The van der Waals surface area contributed by atoms with E-state index in [1.165, 1.54) is 56.2 Å². The molecule has 2 aromatic rings. The fourth-order valence-corrected chi connectivity index (χ4v) is 5.13. The van der Waals surface area contributed by atoms with Gasteiger partial charge in [-0.15, -0.1) is 0 Å². The van der Waals surface area contributed by atoms with E-state index >= 15 is 0 Å². The molecule has 0 amide bonds. The maximum Gasteiger partial charge on any atom is 0.343 e. The Labute approximate surface area is 171 Å². The van der Waals surface area contributed by atoms with Gasteiger partial charge >= 0.3 is 5.97 Å². The predicted molar refractivity (Wildman–Crippen MR) is 109 cm³/mol. The van der Waals surface area contributed by atoms with Crippen molar-refractivity contribution < 1.29 is 13.9 Å². The molecule has 3 nitrogen and oxygen atoms in total. The molecule has 0 spiro atoms. The zero-order chi connectivity index (χ0) is 20.4. The molecule has 0 saturated heterocycles. The van der Waals surface area contributed by atoms with Gasteiger partial charge in [0.05, 0.1) is 11.1 Å². The van der Waals surface area contributed by atoms with Gasteiger partial charge in [0.1, 0.15) is 17.6 Å². The summed E-state index contributed by atoms with van der Waals surface area (Å²) in [5.74, 6) is 2.08. The number of rotatable bonds is 3. The molecular formula is C25H26FNO2. The minimum atomic E-state index is -0.694. The van der Waals surface area contributed by atoms with Gasteiger partial charge in [0.15, 0.2) is 0 Å². The summed E-state index contributed by atoms with van der Waals surface area (Å²) in [5, 5.41) is 8.78. The third-order valence-corrected chi connectivity index (χ3v) is 6.76. The fraction of sp³-hybridized carbons (Fsp3) is 0.440. The van der Waals surface area contributed by atoms with Crippen LogP contribution >= 0.6 is 0 Å². The van der Waals surface area contributed by atoms with Gasteiger partial charge in [0, 0.05) is 6.07 Å². The Morgan fingerprint density at radius 3 is 2.48 bits per heavy atom. The first-order valence-corrected chi connectivity index (χ1v) is 10.5. The highest BCUT2D eigenvalue weighted by Crippen LogP contribution is 2.47. The first-order chi connectivity index (χ1) is 14.0. The molecule has 2 aliphatic carbocycles. The van der Waals surface area contributed by atoms with Crippen LogP contribution in [0.1, 0.15) is 72.9 Å². The van der Waals surface area contributed by atoms with E-state index < -0.39 is 11.8 Å². The molecular weight excluding hydrogens is 365 g/mol. The maximum absolute atomic E-state index is 13.7. The van der Waals surface area contributed by atoms with Gasteiger partial charge < -0.3 is 4.74 Å². The molecule has 2 aliphatic rings. The van der Waals surface area contributed by atoms with Crippen LogP contribution in [0.3, 0.4) is 0 Å². The molecule has 4 atom stereocenters. The fourth-order valence-electron chi connectivity index (χ4n) is 5.13. The number of hydrogen-bond acceptors (Lipinski definition) is 3. The zero-order valence-corrected chi connectivity index (χ0v) is 16.7. The van der Waals surface area contributed by atoms with E-state index in [1.807, 2.05) is 12.1 Å². The zero-order valence-electron chi connectivity index (χ0n) is 16.7. The molecule has 0 aliphatic heterocycles. The highest BCUT2D eigenvalue weighted by Gasteiger charge is 2.34. The molecule has 0 bridgehead atoms. The molecule has 4 rings (SSSR count). The number of hydrogen-bond donors (Lipinski definition) is 0. The highest BCUT2D eigenvalue weighted by atomic mass is 19.1. The van der Waals surface area contributed by atoms with E-state index in [1.54, 1.807) is 18.2 Å². The average Bonchev–Trinajstić information content (AvgIpc) is 2.73. The first-order valence-electron chi connectivity index (χ1n) is 10.5. The monoisotopic (exact) mass is 391 g/mol. The third-order valence-electron chi connectivity index (χ3n) is 6.76. The quantitative estimate of drug-likeness (QED) is 0.460. The van der Waals surface area contributed by atoms with Crippen molar-refractivity contribution in [3.63, 3.8) is 0 Å². The van der Waals surface area contributed by atoms with Crippen LogP contribution in [0.25, 0.3) is 0 Å². The first kappa shape index (κ1) is 19.6. The van der Waals surface area contributed by atoms with Crippen LogP contribution in [-0.4, -0.2) is 5.97 Å². The van der Waals surface area contributed by atoms with Gasteiger partial charge in [-0.2, -0.15) is 5.26 Å². The lowest BCUT2D eigenvalue weighted by Gasteiger charge is -2.41. The Morgan fingerprint density at radius 2 is 1.76 bits per heavy atom. The third kappa shape index (κ3) is 4.34. The Balaban J connectivity index is 1.39. The summed E-state index contributed by atoms with van der Waals surface area (Å²) in [7, 11) is 0. The van der Waals surface area contributed by atoms with Gasteiger partial charge in [-0.3, -0.25) is 0 Å². The lowest BCUT2D eigenvalue weighted by molar-refractivity contribution is 0.0734. The van der Waals surface area contributed by atoms with Crippen LogP contribution in [0.4, 0.5) is 4.39 Å². The van der Waals surface area contributed by atoms with Gasteiger partial charge in [0.25, 0.3) is 0 Å². The number of carbonyl (C=O) groups is 1. The number of esters is 1. The van der Waals surface area contributed by atoms with Crippen molar-refractivity contribution in [1.29, 1.82) is 5.26 Å². The van der Waals surface area contributed by atoms with Crippen molar-refractivity contribution in [1.82, 2.24) is 0 Å². The van der Waals surface area contributed by atoms with E-state index in [0.29, 0.717) is 11.5 Å². The second-order valence-electron chi connectivity index (χ2n) is 8.71. The largest absolute Gasteiger partial charge is 0.423 e. The van der Waals surface area contributed by atoms with Crippen LogP contribution < -0.4 is 4.74 Å². The summed E-state index contributed by atoms with van der Waals surface area (Å²) in [6.07, 6.45) is 7.89. The number of nitriles is 1. The number of ether oxygens (including phenoxy) is 1. The molecule has 29 heavy (non-hydrogen) atoms. The number of benzene rings is 2. The Kier molecular flexibility index (Phi) is 5.67. The average molecular weight is 391 g/mol. The Morgan fingerprint density at radius 1 is 1.03 bits per heavy atom.